The van der Waals surface area contributed by atoms with E-state index in [2.05, 4.69) is 4.98 Å². The number of nitrogens with zero attached hydrogens (tertiary/aromatic N) is 4. The zero-order valence-corrected chi connectivity index (χ0v) is 20.2. The van der Waals surface area contributed by atoms with Gasteiger partial charge in [-0.3, -0.25) is 15.0 Å². The number of aliphatic hydroxyl groups excluding tert-OH is 1. The van der Waals surface area contributed by atoms with Crippen molar-refractivity contribution < 1.29 is 23.9 Å². The standard InChI is InChI=1S/C26H29FN4O5/c1-3-29(25-12-8-20(15-28-25)31(33)34)19-7-11-24(23(27)14-19)36-22-9-5-18(6-10-22)13-21-16-35-17-26(32)30(21)4-2/h5-12,14-15,21,26,32H,3-4,13,16-17H2,1-2H3. The number of benzene rings is 2. The maximum absolute atomic E-state index is 14.9. The molecule has 1 N–H and O–H groups in total. The molecular formula is C26H29FN4O5. The quantitative estimate of drug-likeness (QED) is 0.337. The number of aliphatic hydroxyl groups is 1. The van der Waals surface area contributed by atoms with Crippen LogP contribution in [0.2, 0.25) is 0 Å². The number of likely N-dealkylation sites (N-methyl/N-ethyl adjacent to an activating group) is 1. The van der Waals surface area contributed by atoms with Crippen molar-refractivity contribution in [3.05, 3.63) is 82.3 Å². The molecule has 4 rings (SSSR count). The van der Waals surface area contributed by atoms with Crippen molar-refractivity contribution in [3.63, 3.8) is 0 Å². The fraction of sp³-hybridized carbons (Fsp3) is 0.346. The molecule has 36 heavy (non-hydrogen) atoms. The molecule has 2 aromatic carbocycles. The minimum atomic E-state index is -0.595. The maximum Gasteiger partial charge on any atom is 0.287 e. The van der Waals surface area contributed by atoms with Gasteiger partial charge in [0, 0.05) is 30.4 Å². The molecule has 0 radical (unpaired) electrons. The van der Waals surface area contributed by atoms with Crippen molar-refractivity contribution in [2.45, 2.75) is 32.5 Å². The first-order valence-corrected chi connectivity index (χ1v) is 11.9. The number of nitro groups is 1. The topological polar surface area (TPSA) is 101 Å². The molecule has 9 nitrogen and oxygen atoms in total. The molecule has 1 saturated heterocycles. The molecule has 0 amide bonds. The molecule has 2 heterocycles. The molecule has 2 atom stereocenters. The van der Waals surface area contributed by atoms with Gasteiger partial charge >= 0.3 is 0 Å². The third-order valence-corrected chi connectivity index (χ3v) is 6.18. The predicted octanol–water partition coefficient (Wildman–Crippen LogP) is 4.66. The number of ether oxygens (including phenoxy) is 2. The van der Waals surface area contributed by atoms with Gasteiger partial charge in [0.1, 0.15) is 24.0 Å². The summed E-state index contributed by atoms with van der Waals surface area (Å²) < 4.78 is 26.2. The van der Waals surface area contributed by atoms with Crippen LogP contribution in [0.1, 0.15) is 19.4 Å². The van der Waals surface area contributed by atoms with Gasteiger partial charge in [-0.1, -0.05) is 19.1 Å². The van der Waals surface area contributed by atoms with Crippen LogP contribution in [0.5, 0.6) is 11.5 Å². The molecule has 1 fully saturated rings. The first kappa shape index (κ1) is 25.5. The Morgan fingerprint density at radius 3 is 2.58 bits per heavy atom. The highest BCUT2D eigenvalue weighted by Gasteiger charge is 2.28. The number of aromatic nitrogens is 1. The third kappa shape index (κ3) is 5.78. The Morgan fingerprint density at radius 1 is 1.19 bits per heavy atom. The summed E-state index contributed by atoms with van der Waals surface area (Å²) in [4.78, 5) is 18.3. The van der Waals surface area contributed by atoms with E-state index in [4.69, 9.17) is 9.47 Å². The van der Waals surface area contributed by atoms with E-state index in [1.165, 1.54) is 24.4 Å². The van der Waals surface area contributed by atoms with Crippen LogP contribution in [0.4, 0.5) is 21.6 Å². The highest BCUT2D eigenvalue weighted by molar-refractivity contribution is 5.61. The molecule has 10 heteroatoms. The smallest absolute Gasteiger partial charge is 0.287 e. The lowest BCUT2D eigenvalue weighted by molar-refractivity contribution is -0.385. The van der Waals surface area contributed by atoms with E-state index in [-0.39, 0.29) is 17.5 Å². The number of anilines is 2. The maximum atomic E-state index is 14.9. The summed E-state index contributed by atoms with van der Waals surface area (Å²) >= 11 is 0. The first-order valence-electron chi connectivity index (χ1n) is 11.9. The van der Waals surface area contributed by atoms with Gasteiger partial charge in [0.15, 0.2) is 11.6 Å². The fourth-order valence-corrected chi connectivity index (χ4v) is 4.35. The largest absolute Gasteiger partial charge is 0.454 e. The number of halogens is 1. The van der Waals surface area contributed by atoms with Crippen LogP contribution in [0.25, 0.3) is 0 Å². The number of morpholine rings is 1. The van der Waals surface area contributed by atoms with Crippen molar-refractivity contribution in [1.29, 1.82) is 0 Å². The van der Waals surface area contributed by atoms with Crippen LogP contribution in [-0.2, 0) is 11.2 Å². The summed E-state index contributed by atoms with van der Waals surface area (Å²) in [6.45, 7) is 6.01. The second-order valence-corrected chi connectivity index (χ2v) is 8.44. The Morgan fingerprint density at radius 2 is 1.97 bits per heavy atom. The molecule has 1 aliphatic rings. The number of hydrogen-bond donors (Lipinski definition) is 1. The predicted molar refractivity (Wildman–Crippen MR) is 133 cm³/mol. The highest BCUT2D eigenvalue weighted by Crippen LogP contribution is 2.31. The monoisotopic (exact) mass is 496 g/mol. The van der Waals surface area contributed by atoms with E-state index in [9.17, 15) is 19.6 Å². The van der Waals surface area contributed by atoms with Gasteiger partial charge in [-0.15, -0.1) is 0 Å². The number of rotatable bonds is 9. The average Bonchev–Trinajstić information content (AvgIpc) is 2.87. The Hall–Kier alpha value is -3.60. The minimum Gasteiger partial charge on any atom is -0.454 e. The van der Waals surface area contributed by atoms with E-state index in [1.807, 2.05) is 30.9 Å². The third-order valence-electron chi connectivity index (χ3n) is 6.18. The van der Waals surface area contributed by atoms with Crippen LogP contribution in [0.3, 0.4) is 0 Å². The van der Waals surface area contributed by atoms with Crippen LogP contribution < -0.4 is 9.64 Å². The van der Waals surface area contributed by atoms with E-state index in [0.29, 0.717) is 37.0 Å². The van der Waals surface area contributed by atoms with Crippen LogP contribution in [0, 0.1) is 15.9 Å². The lowest BCUT2D eigenvalue weighted by Crippen LogP contribution is -2.52. The Kier molecular flexibility index (Phi) is 8.09. The van der Waals surface area contributed by atoms with E-state index < -0.39 is 17.0 Å². The summed E-state index contributed by atoms with van der Waals surface area (Å²) in [5.41, 5.74) is 1.51. The molecule has 0 saturated carbocycles. The van der Waals surface area contributed by atoms with E-state index in [1.54, 1.807) is 29.2 Å². The molecule has 3 aromatic rings. The molecule has 1 aromatic heterocycles. The number of pyridine rings is 1. The zero-order chi connectivity index (χ0) is 25.7. The highest BCUT2D eigenvalue weighted by atomic mass is 19.1. The second-order valence-electron chi connectivity index (χ2n) is 8.44. The van der Waals surface area contributed by atoms with Gasteiger partial charge in [0.25, 0.3) is 5.69 Å². The van der Waals surface area contributed by atoms with Crippen molar-refractivity contribution >= 4 is 17.2 Å². The lowest BCUT2D eigenvalue weighted by Gasteiger charge is -2.38. The minimum absolute atomic E-state index is 0.0835. The van der Waals surface area contributed by atoms with Gasteiger partial charge in [0.2, 0.25) is 0 Å². The van der Waals surface area contributed by atoms with Crippen LogP contribution in [-0.4, -0.2) is 58.5 Å². The molecule has 2 unspecified atom stereocenters. The molecular weight excluding hydrogens is 467 g/mol. The van der Waals surface area contributed by atoms with Gasteiger partial charge in [-0.2, -0.15) is 0 Å². The van der Waals surface area contributed by atoms with Crippen LogP contribution >= 0.6 is 0 Å². The fourth-order valence-electron chi connectivity index (χ4n) is 4.35. The van der Waals surface area contributed by atoms with E-state index >= 15 is 0 Å². The summed E-state index contributed by atoms with van der Waals surface area (Å²) in [5, 5.41) is 21.0. The Bertz CT molecular complexity index is 1180. The molecule has 0 aliphatic carbocycles. The van der Waals surface area contributed by atoms with E-state index in [0.717, 1.165) is 18.5 Å². The van der Waals surface area contributed by atoms with Crippen molar-refractivity contribution in [1.82, 2.24) is 9.88 Å². The van der Waals surface area contributed by atoms with Gasteiger partial charge < -0.3 is 19.5 Å². The SMILES string of the molecule is CCN(c1ccc(Oc2ccc(CC3COCC(O)N3CC)cc2)c(F)c1)c1ccc([N+](=O)[O-])cn1. The van der Waals surface area contributed by atoms with Gasteiger partial charge in [-0.05, 0) is 55.8 Å². The Balaban J connectivity index is 1.43. The second kappa shape index (κ2) is 11.4. The van der Waals surface area contributed by atoms with Crippen molar-refractivity contribution in [2.75, 3.05) is 31.2 Å². The summed E-state index contributed by atoms with van der Waals surface area (Å²) in [7, 11) is 0. The summed E-state index contributed by atoms with van der Waals surface area (Å²) in [5.74, 6) is 0.524. The van der Waals surface area contributed by atoms with Gasteiger partial charge in [-0.25, -0.2) is 9.37 Å². The van der Waals surface area contributed by atoms with Crippen LogP contribution in [0.15, 0.2) is 60.8 Å². The van der Waals surface area contributed by atoms with Crippen molar-refractivity contribution in [3.8, 4) is 11.5 Å². The van der Waals surface area contributed by atoms with Crippen molar-refractivity contribution in [2.24, 2.45) is 0 Å². The molecule has 0 bridgehead atoms. The lowest BCUT2D eigenvalue weighted by atomic mass is 10.0. The van der Waals surface area contributed by atoms with Gasteiger partial charge in [0.05, 0.1) is 18.1 Å². The molecule has 190 valence electrons. The normalized spacial score (nSPS) is 18.1. The molecule has 0 spiro atoms. The Labute approximate surface area is 208 Å². The zero-order valence-electron chi connectivity index (χ0n) is 20.2. The summed E-state index contributed by atoms with van der Waals surface area (Å²) in [6, 6.07) is 15.0. The summed E-state index contributed by atoms with van der Waals surface area (Å²) in [6.07, 6.45) is 1.30. The molecule has 1 aliphatic heterocycles. The number of hydrogen-bond acceptors (Lipinski definition) is 8. The first-order chi connectivity index (χ1) is 17.4. The average molecular weight is 497 g/mol.